The molecule has 0 aromatic heterocycles. The second kappa shape index (κ2) is 5.55. The molecule has 2 aromatic carbocycles. The maximum absolute atomic E-state index is 13.7. The van der Waals surface area contributed by atoms with Crippen LogP contribution in [0.1, 0.15) is 18.6 Å². The van der Waals surface area contributed by atoms with Crippen LogP contribution in [0.2, 0.25) is 5.02 Å². The van der Waals surface area contributed by atoms with Gasteiger partial charge in [-0.05, 0) is 25.1 Å². The molecule has 0 amide bonds. The molecule has 0 bridgehead atoms. The molecule has 1 atom stereocenters. The van der Waals surface area contributed by atoms with Gasteiger partial charge in [-0.25, -0.2) is 8.78 Å². The standard InChI is InChI=1S/C14H11ClF2O2/c1-8(18)10-3-2-4-12(16)14(10)19-9-5-6-11(15)13(17)7-9/h2-8,18H,1H3/t8-/m1/s1. The van der Waals surface area contributed by atoms with Crippen molar-refractivity contribution in [2.24, 2.45) is 0 Å². The van der Waals surface area contributed by atoms with Crippen molar-refractivity contribution in [2.75, 3.05) is 0 Å². The molecule has 1 N–H and O–H groups in total. The molecular formula is C14H11ClF2O2. The summed E-state index contributed by atoms with van der Waals surface area (Å²) >= 11 is 5.55. The van der Waals surface area contributed by atoms with Crippen LogP contribution in [0, 0.1) is 11.6 Å². The van der Waals surface area contributed by atoms with Gasteiger partial charge in [0.05, 0.1) is 11.1 Å². The molecule has 2 aromatic rings. The first-order valence-corrected chi connectivity index (χ1v) is 5.96. The quantitative estimate of drug-likeness (QED) is 0.901. The fraction of sp³-hybridized carbons (Fsp3) is 0.143. The van der Waals surface area contributed by atoms with Crippen molar-refractivity contribution in [1.29, 1.82) is 0 Å². The predicted molar refractivity (Wildman–Crippen MR) is 68.5 cm³/mol. The van der Waals surface area contributed by atoms with Crippen molar-refractivity contribution >= 4 is 11.6 Å². The lowest BCUT2D eigenvalue weighted by Crippen LogP contribution is -1.99. The van der Waals surface area contributed by atoms with Crippen LogP contribution in [0.5, 0.6) is 11.5 Å². The molecule has 5 heteroatoms. The Bertz CT molecular complexity index is 600. The topological polar surface area (TPSA) is 29.5 Å². The summed E-state index contributed by atoms with van der Waals surface area (Å²) in [6, 6.07) is 7.99. The van der Waals surface area contributed by atoms with E-state index in [1.165, 1.54) is 37.3 Å². The van der Waals surface area contributed by atoms with Gasteiger partial charge in [0, 0.05) is 11.6 Å². The van der Waals surface area contributed by atoms with E-state index in [1.54, 1.807) is 0 Å². The Hall–Kier alpha value is -1.65. The summed E-state index contributed by atoms with van der Waals surface area (Å²) in [5.41, 5.74) is 0.287. The molecule has 0 heterocycles. The summed E-state index contributed by atoms with van der Waals surface area (Å²) in [4.78, 5) is 0. The molecule has 0 saturated carbocycles. The SMILES string of the molecule is C[C@@H](O)c1cccc(F)c1Oc1ccc(Cl)c(F)c1. The molecule has 0 aliphatic carbocycles. The van der Waals surface area contributed by atoms with Crippen molar-refractivity contribution in [2.45, 2.75) is 13.0 Å². The third kappa shape index (κ3) is 3.03. The lowest BCUT2D eigenvalue weighted by Gasteiger charge is -2.14. The monoisotopic (exact) mass is 284 g/mol. The fourth-order valence-electron chi connectivity index (χ4n) is 1.62. The number of hydrogen-bond acceptors (Lipinski definition) is 2. The van der Waals surface area contributed by atoms with E-state index in [0.717, 1.165) is 6.07 Å². The largest absolute Gasteiger partial charge is 0.454 e. The lowest BCUT2D eigenvalue weighted by molar-refractivity contribution is 0.194. The normalized spacial score (nSPS) is 12.3. The number of aliphatic hydroxyl groups is 1. The maximum atomic E-state index is 13.7. The van der Waals surface area contributed by atoms with Crippen molar-refractivity contribution in [3.63, 3.8) is 0 Å². The van der Waals surface area contributed by atoms with Gasteiger partial charge in [0.15, 0.2) is 11.6 Å². The average molecular weight is 285 g/mol. The third-order valence-electron chi connectivity index (χ3n) is 2.56. The highest BCUT2D eigenvalue weighted by Crippen LogP contribution is 2.33. The van der Waals surface area contributed by atoms with Crippen LogP contribution in [0.15, 0.2) is 36.4 Å². The van der Waals surface area contributed by atoms with E-state index in [-0.39, 0.29) is 22.1 Å². The van der Waals surface area contributed by atoms with Crippen LogP contribution in [0.3, 0.4) is 0 Å². The van der Waals surface area contributed by atoms with Crippen LogP contribution in [-0.4, -0.2) is 5.11 Å². The maximum Gasteiger partial charge on any atom is 0.168 e. The Morgan fingerprint density at radius 2 is 1.89 bits per heavy atom. The van der Waals surface area contributed by atoms with Crippen molar-refractivity contribution in [3.05, 3.63) is 58.6 Å². The van der Waals surface area contributed by atoms with Crippen molar-refractivity contribution in [3.8, 4) is 11.5 Å². The minimum Gasteiger partial charge on any atom is -0.454 e. The van der Waals surface area contributed by atoms with Gasteiger partial charge >= 0.3 is 0 Å². The zero-order valence-electron chi connectivity index (χ0n) is 10.0. The van der Waals surface area contributed by atoms with Gasteiger partial charge in [-0.1, -0.05) is 23.7 Å². The molecule has 100 valence electrons. The Morgan fingerprint density at radius 3 is 2.53 bits per heavy atom. The van der Waals surface area contributed by atoms with E-state index >= 15 is 0 Å². The van der Waals surface area contributed by atoms with Gasteiger partial charge in [-0.3, -0.25) is 0 Å². The highest BCUT2D eigenvalue weighted by Gasteiger charge is 2.15. The van der Waals surface area contributed by atoms with E-state index in [1.807, 2.05) is 0 Å². The molecule has 2 nitrogen and oxygen atoms in total. The van der Waals surface area contributed by atoms with E-state index in [4.69, 9.17) is 16.3 Å². The number of halogens is 3. The summed E-state index contributed by atoms with van der Waals surface area (Å²) < 4.78 is 32.3. The van der Waals surface area contributed by atoms with Gasteiger partial charge in [0.25, 0.3) is 0 Å². The summed E-state index contributed by atoms with van der Waals surface area (Å²) in [7, 11) is 0. The Labute approximate surface area is 114 Å². The van der Waals surface area contributed by atoms with Gasteiger partial charge < -0.3 is 9.84 Å². The average Bonchev–Trinajstić information content (AvgIpc) is 2.36. The first kappa shape index (κ1) is 13.8. The first-order valence-electron chi connectivity index (χ1n) is 5.58. The summed E-state index contributed by atoms with van der Waals surface area (Å²) in [5.74, 6) is -1.31. The third-order valence-corrected chi connectivity index (χ3v) is 2.87. The van der Waals surface area contributed by atoms with Crippen molar-refractivity contribution < 1.29 is 18.6 Å². The second-order valence-corrected chi connectivity index (χ2v) is 4.42. The number of hydrogen-bond donors (Lipinski definition) is 1. The highest BCUT2D eigenvalue weighted by atomic mass is 35.5. The number of ether oxygens (including phenoxy) is 1. The number of rotatable bonds is 3. The first-order chi connectivity index (χ1) is 8.99. The predicted octanol–water partition coefficient (Wildman–Crippen LogP) is 4.46. The Kier molecular flexibility index (Phi) is 4.02. The van der Waals surface area contributed by atoms with Gasteiger partial charge in [-0.2, -0.15) is 0 Å². The number of benzene rings is 2. The highest BCUT2D eigenvalue weighted by molar-refractivity contribution is 6.30. The molecule has 2 rings (SSSR count). The molecule has 0 aliphatic rings. The van der Waals surface area contributed by atoms with Crippen LogP contribution < -0.4 is 4.74 Å². The van der Waals surface area contributed by atoms with E-state index in [9.17, 15) is 13.9 Å². The van der Waals surface area contributed by atoms with Crippen LogP contribution in [-0.2, 0) is 0 Å². The minimum atomic E-state index is -0.900. The van der Waals surface area contributed by atoms with Gasteiger partial charge in [-0.15, -0.1) is 0 Å². The smallest absolute Gasteiger partial charge is 0.168 e. The van der Waals surface area contributed by atoms with Crippen LogP contribution >= 0.6 is 11.6 Å². The zero-order chi connectivity index (χ0) is 14.0. The molecular weight excluding hydrogens is 274 g/mol. The summed E-state index contributed by atoms with van der Waals surface area (Å²) in [6.45, 7) is 1.49. The van der Waals surface area contributed by atoms with Gasteiger partial charge in [0.2, 0.25) is 0 Å². The van der Waals surface area contributed by atoms with E-state index in [0.29, 0.717) is 0 Å². The Morgan fingerprint density at radius 1 is 1.16 bits per heavy atom. The lowest BCUT2D eigenvalue weighted by atomic mass is 10.1. The second-order valence-electron chi connectivity index (χ2n) is 4.01. The summed E-state index contributed by atoms with van der Waals surface area (Å²) in [5, 5.41) is 9.52. The molecule has 0 aliphatic heterocycles. The summed E-state index contributed by atoms with van der Waals surface area (Å²) in [6.07, 6.45) is -0.900. The molecule has 0 radical (unpaired) electrons. The molecule has 0 saturated heterocycles. The van der Waals surface area contributed by atoms with E-state index < -0.39 is 17.7 Å². The molecule has 19 heavy (non-hydrogen) atoms. The Balaban J connectivity index is 2.40. The van der Waals surface area contributed by atoms with Crippen LogP contribution in [0.25, 0.3) is 0 Å². The number of aliphatic hydroxyl groups excluding tert-OH is 1. The molecule has 0 fully saturated rings. The zero-order valence-corrected chi connectivity index (χ0v) is 10.8. The van der Waals surface area contributed by atoms with Gasteiger partial charge in [0.1, 0.15) is 11.6 Å². The van der Waals surface area contributed by atoms with Crippen molar-refractivity contribution in [1.82, 2.24) is 0 Å². The number of para-hydroxylation sites is 1. The molecule has 0 unspecified atom stereocenters. The molecule has 0 spiro atoms. The fourth-order valence-corrected chi connectivity index (χ4v) is 1.74. The minimum absolute atomic E-state index is 0.0448. The van der Waals surface area contributed by atoms with E-state index in [2.05, 4.69) is 0 Å². The van der Waals surface area contributed by atoms with Crippen LogP contribution in [0.4, 0.5) is 8.78 Å².